The van der Waals surface area contributed by atoms with E-state index in [4.69, 9.17) is 0 Å². The van der Waals surface area contributed by atoms with Gasteiger partial charge in [-0.3, -0.25) is 4.79 Å². The van der Waals surface area contributed by atoms with Crippen molar-refractivity contribution in [1.82, 2.24) is 4.57 Å². The van der Waals surface area contributed by atoms with Crippen molar-refractivity contribution in [2.45, 2.75) is 19.9 Å². The van der Waals surface area contributed by atoms with E-state index in [0.29, 0.717) is 5.56 Å². The molecule has 1 amide bonds. The smallest absolute Gasteiger partial charge is 0.279 e. The zero-order valence-corrected chi connectivity index (χ0v) is 18.1. The van der Waals surface area contributed by atoms with Gasteiger partial charge < -0.3 is 4.57 Å². The lowest BCUT2D eigenvalue weighted by Crippen LogP contribution is -2.15. The third-order valence-electron chi connectivity index (χ3n) is 5.54. The van der Waals surface area contributed by atoms with Crippen LogP contribution < -0.4 is 4.80 Å². The normalized spacial score (nSPS) is 12.0. The third-order valence-corrected chi connectivity index (χ3v) is 6.67. The molecule has 4 heteroatoms. The van der Waals surface area contributed by atoms with Crippen molar-refractivity contribution in [1.29, 1.82) is 0 Å². The summed E-state index contributed by atoms with van der Waals surface area (Å²) in [7, 11) is 0. The molecule has 1 aromatic heterocycles. The average Bonchev–Trinajstić information content (AvgIpc) is 3.17. The second kappa shape index (κ2) is 8.32. The monoisotopic (exact) mass is 422 g/mol. The third kappa shape index (κ3) is 3.82. The van der Waals surface area contributed by atoms with Crippen LogP contribution in [0.25, 0.3) is 21.0 Å². The fraction of sp³-hybridized carbons (Fsp3) is 0.111. The summed E-state index contributed by atoms with van der Waals surface area (Å²) < 4.78 is 3.29. The van der Waals surface area contributed by atoms with Crippen LogP contribution in [-0.2, 0) is 13.0 Å². The number of hydrogen-bond acceptors (Lipinski definition) is 2. The predicted octanol–water partition coefficient (Wildman–Crippen LogP) is 6.21. The largest absolute Gasteiger partial charge is 0.317 e. The number of hydrogen-bond donors (Lipinski definition) is 0. The number of nitrogens with zero attached hydrogens (tertiary/aromatic N) is 2. The van der Waals surface area contributed by atoms with E-state index in [0.717, 1.165) is 23.3 Å². The number of benzene rings is 4. The summed E-state index contributed by atoms with van der Waals surface area (Å²) in [6.07, 6.45) is 0.853. The molecule has 0 aliphatic carbocycles. The maximum absolute atomic E-state index is 12.9. The first kappa shape index (κ1) is 19.5. The summed E-state index contributed by atoms with van der Waals surface area (Å²) >= 11 is 1.58. The molecule has 5 rings (SSSR count). The number of aryl methyl sites for hydroxylation is 1. The minimum absolute atomic E-state index is 0.204. The topological polar surface area (TPSA) is 34.4 Å². The number of aromatic nitrogens is 1. The van der Waals surface area contributed by atoms with E-state index in [1.54, 1.807) is 11.3 Å². The Hall–Kier alpha value is -3.50. The van der Waals surface area contributed by atoms with E-state index < -0.39 is 0 Å². The molecule has 4 aromatic carbocycles. The molecule has 0 saturated heterocycles. The zero-order chi connectivity index (χ0) is 21.2. The van der Waals surface area contributed by atoms with Gasteiger partial charge in [-0.2, -0.15) is 4.99 Å². The van der Waals surface area contributed by atoms with Crippen LogP contribution in [0.5, 0.6) is 0 Å². The Morgan fingerprint density at radius 3 is 2.32 bits per heavy atom. The molecule has 31 heavy (non-hydrogen) atoms. The number of amides is 1. The molecule has 0 aliphatic heterocycles. The van der Waals surface area contributed by atoms with Crippen LogP contribution in [0.2, 0.25) is 0 Å². The Morgan fingerprint density at radius 2 is 1.55 bits per heavy atom. The Balaban J connectivity index is 1.50. The van der Waals surface area contributed by atoms with Crippen LogP contribution in [0.4, 0.5) is 0 Å². The van der Waals surface area contributed by atoms with Gasteiger partial charge in [0.2, 0.25) is 0 Å². The van der Waals surface area contributed by atoms with Gasteiger partial charge in [0.25, 0.3) is 5.91 Å². The van der Waals surface area contributed by atoms with Crippen LogP contribution in [0.15, 0.2) is 96.0 Å². The maximum atomic E-state index is 12.9. The van der Waals surface area contributed by atoms with E-state index in [2.05, 4.69) is 58.9 Å². The van der Waals surface area contributed by atoms with Crippen LogP contribution in [0.1, 0.15) is 28.4 Å². The van der Waals surface area contributed by atoms with Gasteiger partial charge in [-0.25, -0.2) is 0 Å². The van der Waals surface area contributed by atoms with Crippen molar-refractivity contribution in [3.63, 3.8) is 0 Å². The number of carbonyl (C=O) groups excluding carboxylic acids is 1. The lowest BCUT2D eigenvalue weighted by atomic mass is 10.0. The van der Waals surface area contributed by atoms with Crippen molar-refractivity contribution >= 4 is 38.2 Å². The fourth-order valence-corrected chi connectivity index (χ4v) is 5.17. The average molecular weight is 423 g/mol. The first-order valence-corrected chi connectivity index (χ1v) is 11.3. The van der Waals surface area contributed by atoms with E-state index >= 15 is 0 Å². The molecule has 0 N–H and O–H groups in total. The summed E-state index contributed by atoms with van der Waals surface area (Å²) in [5.74, 6) is -0.204. The van der Waals surface area contributed by atoms with Gasteiger partial charge in [0.05, 0.1) is 10.2 Å². The SMILES string of the molecule is CCn1c(=NC(=O)c2ccc(Cc3ccccc3)cc2)sc2c3ccccc3ccc21. The van der Waals surface area contributed by atoms with Gasteiger partial charge in [-0.15, -0.1) is 0 Å². The number of rotatable bonds is 4. The van der Waals surface area contributed by atoms with Crippen molar-refractivity contribution in [2.75, 3.05) is 0 Å². The van der Waals surface area contributed by atoms with Crippen LogP contribution >= 0.6 is 11.3 Å². The van der Waals surface area contributed by atoms with E-state index in [1.807, 2.05) is 48.5 Å². The minimum atomic E-state index is -0.204. The molecule has 0 unspecified atom stereocenters. The van der Waals surface area contributed by atoms with Gasteiger partial charge in [0, 0.05) is 17.5 Å². The molecule has 152 valence electrons. The number of carbonyl (C=O) groups is 1. The van der Waals surface area contributed by atoms with Crippen molar-refractivity contribution < 1.29 is 4.79 Å². The Labute approximate surface area is 184 Å². The highest BCUT2D eigenvalue weighted by atomic mass is 32.1. The molecule has 5 aromatic rings. The maximum Gasteiger partial charge on any atom is 0.279 e. The van der Waals surface area contributed by atoms with Gasteiger partial charge in [0.1, 0.15) is 0 Å². The highest BCUT2D eigenvalue weighted by molar-refractivity contribution is 7.17. The Bertz CT molecular complexity index is 1440. The van der Waals surface area contributed by atoms with E-state index in [1.165, 1.54) is 26.6 Å². The van der Waals surface area contributed by atoms with Crippen LogP contribution in [-0.4, -0.2) is 10.5 Å². The zero-order valence-electron chi connectivity index (χ0n) is 17.3. The summed E-state index contributed by atoms with van der Waals surface area (Å²) in [5, 5.41) is 2.40. The molecule has 3 nitrogen and oxygen atoms in total. The van der Waals surface area contributed by atoms with Crippen LogP contribution in [0.3, 0.4) is 0 Å². The van der Waals surface area contributed by atoms with Gasteiger partial charge in [-0.05, 0) is 48.1 Å². The molecular weight excluding hydrogens is 400 g/mol. The molecule has 0 bridgehead atoms. The Morgan fingerprint density at radius 1 is 0.839 bits per heavy atom. The molecule has 0 radical (unpaired) electrons. The van der Waals surface area contributed by atoms with Gasteiger partial charge >= 0.3 is 0 Å². The fourth-order valence-electron chi connectivity index (χ4n) is 3.94. The quantitative estimate of drug-likeness (QED) is 0.339. The molecule has 0 spiro atoms. The van der Waals surface area contributed by atoms with Gasteiger partial charge in [0.15, 0.2) is 4.80 Å². The Kier molecular flexibility index (Phi) is 5.23. The second-order valence-corrected chi connectivity index (χ2v) is 8.52. The minimum Gasteiger partial charge on any atom is -0.317 e. The first-order valence-electron chi connectivity index (χ1n) is 10.5. The molecular formula is C27H22N2OS. The summed E-state index contributed by atoms with van der Waals surface area (Å²) in [5.41, 5.74) is 4.17. The van der Waals surface area contributed by atoms with Gasteiger partial charge in [-0.1, -0.05) is 84.1 Å². The first-order chi connectivity index (χ1) is 15.2. The summed E-state index contributed by atoms with van der Waals surface area (Å²) in [6, 6.07) is 30.7. The molecule has 1 heterocycles. The van der Waals surface area contributed by atoms with E-state index in [-0.39, 0.29) is 5.91 Å². The van der Waals surface area contributed by atoms with Crippen molar-refractivity contribution in [2.24, 2.45) is 4.99 Å². The second-order valence-electron chi connectivity index (χ2n) is 7.54. The lowest BCUT2D eigenvalue weighted by Gasteiger charge is -2.03. The predicted molar refractivity (Wildman–Crippen MR) is 129 cm³/mol. The number of thiazole rings is 1. The molecule has 0 fully saturated rings. The highest BCUT2D eigenvalue weighted by Crippen LogP contribution is 2.27. The molecule has 0 aliphatic rings. The van der Waals surface area contributed by atoms with Crippen LogP contribution in [0, 0.1) is 0 Å². The molecule has 0 saturated carbocycles. The lowest BCUT2D eigenvalue weighted by molar-refractivity contribution is 0.0998. The van der Waals surface area contributed by atoms with E-state index in [9.17, 15) is 4.79 Å². The van der Waals surface area contributed by atoms with Crippen molar-refractivity contribution in [3.8, 4) is 0 Å². The summed E-state index contributed by atoms with van der Waals surface area (Å²) in [6.45, 7) is 2.85. The molecule has 0 atom stereocenters. The standard InChI is InChI=1S/C27H22N2OS/c1-2-29-24-17-16-21-10-6-7-11-23(21)25(24)31-27(29)28-26(30)22-14-12-20(13-15-22)18-19-8-4-3-5-9-19/h3-17H,2,18H2,1H3. The summed E-state index contributed by atoms with van der Waals surface area (Å²) in [4.78, 5) is 18.2. The van der Waals surface area contributed by atoms with Crippen molar-refractivity contribution in [3.05, 3.63) is 112 Å². The number of fused-ring (bicyclic) bond motifs is 3. The highest BCUT2D eigenvalue weighted by Gasteiger charge is 2.11.